The zero-order valence-electron chi connectivity index (χ0n) is 7.73. The highest BCUT2D eigenvalue weighted by Crippen LogP contribution is 2.22. The molecule has 0 N–H and O–H groups in total. The third-order valence-electron chi connectivity index (χ3n) is 2.49. The summed E-state index contributed by atoms with van der Waals surface area (Å²) < 4.78 is 0. The minimum absolute atomic E-state index is 1.35. The molecule has 11 heavy (non-hydrogen) atoms. The van der Waals surface area contributed by atoms with Gasteiger partial charge in [0.1, 0.15) is 0 Å². The van der Waals surface area contributed by atoms with Crippen molar-refractivity contribution < 1.29 is 0 Å². The van der Waals surface area contributed by atoms with Crippen LogP contribution >= 0.6 is 0 Å². The molecule has 64 valence electrons. The normalized spacial score (nSPS) is 17.0. The van der Waals surface area contributed by atoms with Crippen molar-refractivity contribution in [2.45, 2.75) is 58.3 Å². The second-order valence-electron chi connectivity index (χ2n) is 3.57. The second kappa shape index (κ2) is 5.40. The minimum Gasteiger partial charge on any atom is -0.0853 e. The standard InChI is InChI=1S/C11H20/c1-2-3-4-5-8-11-9-6-7-10-11/h9H,2-8,10H2,1H3. The first-order chi connectivity index (χ1) is 5.43. The van der Waals surface area contributed by atoms with Crippen LogP contribution in [-0.2, 0) is 0 Å². The molecule has 1 aliphatic carbocycles. The Bertz CT molecular complexity index is 122. The van der Waals surface area contributed by atoms with E-state index in [0.29, 0.717) is 0 Å². The maximum atomic E-state index is 2.45. The van der Waals surface area contributed by atoms with Crippen molar-refractivity contribution in [1.29, 1.82) is 0 Å². The fourth-order valence-electron chi connectivity index (χ4n) is 1.74. The Morgan fingerprint density at radius 3 is 2.82 bits per heavy atom. The summed E-state index contributed by atoms with van der Waals surface area (Å²) in [5.41, 5.74) is 1.74. The Balaban J connectivity index is 1.94. The molecule has 0 radical (unpaired) electrons. The van der Waals surface area contributed by atoms with E-state index in [1.54, 1.807) is 5.57 Å². The fraction of sp³-hybridized carbons (Fsp3) is 0.818. The van der Waals surface area contributed by atoms with Crippen molar-refractivity contribution in [3.63, 3.8) is 0 Å². The molecule has 0 saturated carbocycles. The number of allylic oxidation sites excluding steroid dienone is 2. The second-order valence-corrected chi connectivity index (χ2v) is 3.57. The summed E-state index contributed by atoms with van der Waals surface area (Å²) in [6.45, 7) is 2.27. The third kappa shape index (κ3) is 3.60. The molecule has 0 aliphatic heterocycles. The lowest BCUT2D eigenvalue weighted by Gasteiger charge is -2.00. The molecular formula is C11H20. The Hall–Kier alpha value is -0.260. The van der Waals surface area contributed by atoms with Gasteiger partial charge in [0.2, 0.25) is 0 Å². The van der Waals surface area contributed by atoms with Gasteiger partial charge in [0, 0.05) is 0 Å². The van der Waals surface area contributed by atoms with E-state index in [4.69, 9.17) is 0 Å². The lowest BCUT2D eigenvalue weighted by atomic mass is 10.1. The molecule has 0 aromatic rings. The summed E-state index contributed by atoms with van der Waals surface area (Å²) in [4.78, 5) is 0. The van der Waals surface area contributed by atoms with Gasteiger partial charge in [-0.05, 0) is 32.1 Å². The first-order valence-electron chi connectivity index (χ1n) is 5.11. The molecule has 0 bridgehead atoms. The lowest BCUT2D eigenvalue weighted by molar-refractivity contribution is 0.657. The summed E-state index contributed by atoms with van der Waals surface area (Å²) in [6, 6.07) is 0. The molecule has 0 amide bonds. The van der Waals surface area contributed by atoms with Gasteiger partial charge in [-0.15, -0.1) is 0 Å². The van der Waals surface area contributed by atoms with Crippen LogP contribution < -0.4 is 0 Å². The zero-order valence-corrected chi connectivity index (χ0v) is 7.73. The predicted octanol–water partition coefficient (Wildman–Crippen LogP) is 4.07. The van der Waals surface area contributed by atoms with Crippen LogP contribution in [0.4, 0.5) is 0 Å². The predicted molar refractivity (Wildman–Crippen MR) is 50.7 cm³/mol. The van der Waals surface area contributed by atoms with E-state index >= 15 is 0 Å². The SMILES string of the molecule is CCCCCCC1=CCCC1. The summed E-state index contributed by atoms with van der Waals surface area (Å²) in [6.07, 6.45) is 13.7. The van der Waals surface area contributed by atoms with E-state index < -0.39 is 0 Å². The minimum atomic E-state index is 1.35. The van der Waals surface area contributed by atoms with Gasteiger partial charge in [0.15, 0.2) is 0 Å². The lowest BCUT2D eigenvalue weighted by Crippen LogP contribution is -1.80. The van der Waals surface area contributed by atoms with Crippen LogP contribution in [0, 0.1) is 0 Å². The molecule has 0 heteroatoms. The van der Waals surface area contributed by atoms with Gasteiger partial charge in [-0.1, -0.05) is 37.8 Å². The van der Waals surface area contributed by atoms with Crippen LogP contribution in [0.3, 0.4) is 0 Å². The van der Waals surface area contributed by atoms with Gasteiger partial charge in [0.25, 0.3) is 0 Å². The molecule has 0 heterocycles. The van der Waals surface area contributed by atoms with Gasteiger partial charge in [-0.2, -0.15) is 0 Å². The van der Waals surface area contributed by atoms with Crippen molar-refractivity contribution in [3.05, 3.63) is 11.6 Å². The molecule has 0 saturated heterocycles. The topological polar surface area (TPSA) is 0 Å². The molecule has 0 fully saturated rings. The van der Waals surface area contributed by atoms with E-state index in [9.17, 15) is 0 Å². The average molecular weight is 152 g/mol. The number of unbranched alkanes of at least 4 members (excludes halogenated alkanes) is 3. The van der Waals surface area contributed by atoms with E-state index in [1.807, 2.05) is 0 Å². The summed E-state index contributed by atoms with van der Waals surface area (Å²) >= 11 is 0. The highest BCUT2D eigenvalue weighted by Gasteiger charge is 2.02. The maximum Gasteiger partial charge on any atom is -0.0317 e. The van der Waals surface area contributed by atoms with Crippen LogP contribution in [0.5, 0.6) is 0 Å². The highest BCUT2D eigenvalue weighted by atomic mass is 14.1. The van der Waals surface area contributed by atoms with Crippen LogP contribution in [0.15, 0.2) is 11.6 Å². The number of rotatable bonds is 5. The van der Waals surface area contributed by atoms with E-state index in [0.717, 1.165) is 0 Å². The Morgan fingerprint density at radius 1 is 1.27 bits per heavy atom. The molecular weight excluding hydrogens is 132 g/mol. The summed E-state index contributed by atoms with van der Waals surface area (Å²) in [5, 5.41) is 0. The quantitative estimate of drug-likeness (QED) is 0.411. The molecule has 0 spiro atoms. The van der Waals surface area contributed by atoms with Crippen molar-refractivity contribution in [2.75, 3.05) is 0 Å². The van der Waals surface area contributed by atoms with E-state index in [-0.39, 0.29) is 0 Å². The third-order valence-corrected chi connectivity index (χ3v) is 2.49. The molecule has 0 aromatic carbocycles. The molecule has 0 aromatic heterocycles. The smallest absolute Gasteiger partial charge is 0.0317 e. The Kier molecular flexibility index (Phi) is 4.33. The van der Waals surface area contributed by atoms with Gasteiger partial charge >= 0.3 is 0 Å². The molecule has 0 nitrogen and oxygen atoms in total. The van der Waals surface area contributed by atoms with Crippen LogP contribution in [0.1, 0.15) is 58.3 Å². The van der Waals surface area contributed by atoms with Crippen molar-refractivity contribution in [1.82, 2.24) is 0 Å². The highest BCUT2D eigenvalue weighted by molar-refractivity contribution is 5.06. The van der Waals surface area contributed by atoms with Crippen LogP contribution in [-0.4, -0.2) is 0 Å². The first-order valence-corrected chi connectivity index (χ1v) is 5.11. The first kappa shape index (κ1) is 8.83. The van der Waals surface area contributed by atoms with Crippen molar-refractivity contribution >= 4 is 0 Å². The van der Waals surface area contributed by atoms with Crippen LogP contribution in [0.2, 0.25) is 0 Å². The molecule has 1 rings (SSSR count). The number of hydrogen-bond acceptors (Lipinski definition) is 0. The van der Waals surface area contributed by atoms with Crippen molar-refractivity contribution in [3.8, 4) is 0 Å². The monoisotopic (exact) mass is 152 g/mol. The van der Waals surface area contributed by atoms with Crippen LogP contribution in [0.25, 0.3) is 0 Å². The number of hydrogen-bond donors (Lipinski definition) is 0. The van der Waals surface area contributed by atoms with E-state index in [1.165, 1.54) is 51.4 Å². The van der Waals surface area contributed by atoms with E-state index in [2.05, 4.69) is 13.0 Å². The van der Waals surface area contributed by atoms with Gasteiger partial charge < -0.3 is 0 Å². The molecule has 1 aliphatic rings. The molecule has 0 atom stereocenters. The largest absolute Gasteiger partial charge is 0.0853 e. The molecule has 0 unspecified atom stereocenters. The van der Waals surface area contributed by atoms with Gasteiger partial charge in [-0.3, -0.25) is 0 Å². The summed E-state index contributed by atoms with van der Waals surface area (Å²) in [5.74, 6) is 0. The van der Waals surface area contributed by atoms with Gasteiger partial charge in [0.05, 0.1) is 0 Å². The Labute approximate surface area is 70.7 Å². The zero-order chi connectivity index (χ0) is 7.94. The van der Waals surface area contributed by atoms with Crippen molar-refractivity contribution in [2.24, 2.45) is 0 Å². The Morgan fingerprint density at radius 2 is 2.18 bits per heavy atom. The van der Waals surface area contributed by atoms with Gasteiger partial charge in [-0.25, -0.2) is 0 Å². The maximum absolute atomic E-state index is 2.45. The fourth-order valence-corrected chi connectivity index (χ4v) is 1.74. The average Bonchev–Trinajstić information content (AvgIpc) is 2.50. The summed E-state index contributed by atoms with van der Waals surface area (Å²) in [7, 11) is 0.